The Morgan fingerprint density at radius 2 is 1.72 bits per heavy atom. The lowest BCUT2D eigenvalue weighted by Gasteiger charge is -2.20. The first-order chi connectivity index (χ1) is 12.0. The molecule has 0 saturated carbocycles. The number of aliphatic hydroxyl groups excluding tert-OH is 1. The number of ether oxygens (including phenoxy) is 1. The molecule has 0 radical (unpaired) electrons. The molecule has 0 fully saturated rings. The van der Waals surface area contributed by atoms with Gasteiger partial charge in [-0.2, -0.15) is 0 Å². The summed E-state index contributed by atoms with van der Waals surface area (Å²) in [7, 11) is 0. The molecule has 134 valence electrons. The highest BCUT2D eigenvalue weighted by Crippen LogP contribution is 2.17. The summed E-state index contributed by atoms with van der Waals surface area (Å²) in [6, 6.07) is 16.9. The zero-order chi connectivity index (χ0) is 18.2. The molecule has 0 saturated heterocycles. The summed E-state index contributed by atoms with van der Waals surface area (Å²) in [5.41, 5.74) is 2.01. The van der Waals surface area contributed by atoms with Crippen molar-refractivity contribution in [3.63, 3.8) is 0 Å². The highest BCUT2D eigenvalue weighted by Gasteiger charge is 2.15. The Kier molecular flexibility index (Phi) is 6.98. The first-order valence-electron chi connectivity index (χ1n) is 8.42. The number of nitrogens with one attached hydrogen (secondary N) is 1. The normalized spacial score (nSPS) is 14.5. The number of carboxylic acid groups (broad SMARTS) is 1. The Morgan fingerprint density at radius 3 is 2.32 bits per heavy atom. The number of carboxylic acids is 1. The van der Waals surface area contributed by atoms with Crippen LogP contribution in [0.2, 0.25) is 0 Å². The number of carbonyl (C=O) groups is 1. The van der Waals surface area contributed by atoms with E-state index in [1.54, 1.807) is 12.1 Å². The minimum atomic E-state index is -0.987. The second kappa shape index (κ2) is 9.20. The van der Waals surface area contributed by atoms with E-state index in [0.717, 1.165) is 24.1 Å². The van der Waals surface area contributed by atoms with Crippen LogP contribution in [0, 0.1) is 0 Å². The zero-order valence-electron chi connectivity index (χ0n) is 14.6. The van der Waals surface area contributed by atoms with Crippen molar-refractivity contribution < 1.29 is 19.7 Å². The lowest BCUT2D eigenvalue weighted by molar-refractivity contribution is -0.144. The molecule has 0 aliphatic heterocycles. The van der Waals surface area contributed by atoms with E-state index < -0.39 is 18.2 Å². The van der Waals surface area contributed by atoms with Gasteiger partial charge in [-0.15, -0.1) is 0 Å². The monoisotopic (exact) mass is 343 g/mol. The molecule has 3 N–H and O–H groups in total. The quantitative estimate of drug-likeness (QED) is 0.652. The first-order valence-corrected chi connectivity index (χ1v) is 8.42. The number of aliphatic hydroxyl groups is 1. The van der Waals surface area contributed by atoms with Gasteiger partial charge in [0.15, 0.2) is 6.10 Å². The molecular formula is C20H25NO4. The van der Waals surface area contributed by atoms with Crippen molar-refractivity contribution in [2.24, 2.45) is 0 Å². The van der Waals surface area contributed by atoms with Crippen LogP contribution >= 0.6 is 0 Å². The van der Waals surface area contributed by atoms with Crippen molar-refractivity contribution in [3.8, 4) is 5.75 Å². The van der Waals surface area contributed by atoms with Gasteiger partial charge in [0.2, 0.25) is 0 Å². The maximum atomic E-state index is 10.8. The molecule has 2 rings (SSSR count). The van der Waals surface area contributed by atoms with Crippen molar-refractivity contribution in [3.05, 3.63) is 65.7 Å². The zero-order valence-corrected chi connectivity index (χ0v) is 14.6. The van der Waals surface area contributed by atoms with Crippen LogP contribution in [-0.4, -0.2) is 34.9 Å². The minimum absolute atomic E-state index is 0.0542. The van der Waals surface area contributed by atoms with Crippen LogP contribution in [0.25, 0.3) is 0 Å². The van der Waals surface area contributed by atoms with Crippen molar-refractivity contribution >= 4 is 5.97 Å². The van der Waals surface area contributed by atoms with Gasteiger partial charge in [0.05, 0.1) is 6.10 Å². The van der Waals surface area contributed by atoms with E-state index in [1.165, 1.54) is 6.92 Å². The molecule has 0 amide bonds. The molecule has 0 spiro atoms. The number of aliphatic carboxylic acids is 1. The lowest BCUT2D eigenvalue weighted by Crippen LogP contribution is -2.33. The average molecular weight is 343 g/mol. The molecule has 0 heterocycles. The summed E-state index contributed by atoms with van der Waals surface area (Å²) in [5, 5.41) is 22.5. The third kappa shape index (κ3) is 5.89. The van der Waals surface area contributed by atoms with Gasteiger partial charge >= 0.3 is 5.97 Å². The Labute approximate surface area is 148 Å². The second-order valence-electron chi connectivity index (χ2n) is 6.09. The third-order valence-corrected chi connectivity index (χ3v) is 4.08. The molecular weight excluding hydrogens is 318 g/mol. The largest absolute Gasteiger partial charge is 0.479 e. The predicted molar refractivity (Wildman–Crippen MR) is 96.7 cm³/mol. The van der Waals surface area contributed by atoms with Gasteiger partial charge < -0.3 is 20.3 Å². The number of hydrogen-bond donors (Lipinski definition) is 3. The molecule has 0 bridgehead atoms. The van der Waals surface area contributed by atoms with Gasteiger partial charge in [0.25, 0.3) is 0 Å². The standard InChI is InChI=1S/C20H25NO4/c1-14(19(22)17-6-4-3-5-7-17)21-13-12-16-8-10-18(11-9-16)25-15(2)20(23)24/h3-11,14-15,19,21-22H,12-13H2,1-2H3,(H,23,24)/t14-,15?,19+/m0/s1. The van der Waals surface area contributed by atoms with E-state index >= 15 is 0 Å². The van der Waals surface area contributed by atoms with Gasteiger partial charge in [-0.1, -0.05) is 42.5 Å². The highest BCUT2D eigenvalue weighted by molar-refractivity contribution is 5.72. The summed E-state index contributed by atoms with van der Waals surface area (Å²) < 4.78 is 5.31. The van der Waals surface area contributed by atoms with E-state index in [-0.39, 0.29) is 6.04 Å². The molecule has 1 unspecified atom stereocenters. The average Bonchev–Trinajstić information content (AvgIpc) is 2.63. The molecule has 0 aromatic heterocycles. The van der Waals surface area contributed by atoms with Crippen LogP contribution in [0.5, 0.6) is 5.75 Å². The number of benzene rings is 2. The summed E-state index contributed by atoms with van der Waals surface area (Å²) >= 11 is 0. The van der Waals surface area contributed by atoms with Crippen LogP contribution in [-0.2, 0) is 11.2 Å². The number of hydrogen-bond acceptors (Lipinski definition) is 4. The summed E-state index contributed by atoms with van der Waals surface area (Å²) in [4.78, 5) is 10.8. The van der Waals surface area contributed by atoms with Gasteiger partial charge in [0, 0.05) is 6.04 Å². The minimum Gasteiger partial charge on any atom is -0.479 e. The Hall–Kier alpha value is -2.37. The molecule has 2 aromatic rings. The van der Waals surface area contributed by atoms with Gasteiger partial charge in [-0.25, -0.2) is 4.79 Å². The first kappa shape index (κ1) is 19.0. The molecule has 0 aliphatic rings. The van der Waals surface area contributed by atoms with Gasteiger partial charge in [-0.3, -0.25) is 0 Å². The highest BCUT2D eigenvalue weighted by atomic mass is 16.5. The van der Waals surface area contributed by atoms with E-state index in [4.69, 9.17) is 9.84 Å². The van der Waals surface area contributed by atoms with Gasteiger partial charge in [0.1, 0.15) is 5.75 Å². The fourth-order valence-corrected chi connectivity index (χ4v) is 2.48. The summed E-state index contributed by atoms with van der Waals surface area (Å²) in [5.74, 6) is -0.446. The van der Waals surface area contributed by atoms with Crippen molar-refractivity contribution in [2.45, 2.75) is 38.5 Å². The Balaban J connectivity index is 1.78. The molecule has 25 heavy (non-hydrogen) atoms. The Morgan fingerprint density at radius 1 is 1.08 bits per heavy atom. The third-order valence-electron chi connectivity index (χ3n) is 4.08. The van der Waals surface area contributed by atoms with E-state index in [9.17, 15) is 9.90 Å². The molecule has 0 aliphatic carbocycles. The smallest absolute Gasteiger partial charge is 0.344 e. The van der Waals surface area contributed by atoms with Crippen LogP contribution in [0.1, 0.15) is 31.1 Å². The fraction of sp³-hybridized carbons (Fsp3) is 0.350. The maximum absolute atomic E-state index is 10.8. The SMILES string of the molecule is CC(Oc1ccc(CCN[C@@H](C)[C@@H](O)c2ccccc2)cc1)C(=O)O. The predicted octanol–water partition coefficient (Wildman–Crippen LogP) is 2.79. The van der Waals surface area contributed by atoms with E-state index in [2.05, 4.69) is 5.32 Å². The van der Waals surface area contributed by atoms with Crippen molar-refractivity contribution in [1.29, 1.82) is 0 Å². The fourth-order valence-electron chi connectivity index (χ4n) is 2.48. The molecule has 5 nitrogen and oxygen atoms in total. The van der Waals surface area contributed by atoms with Gasteiger partial charge in [-0.05, 0) is 50.1 Å². The number of rotatable bonds is 9. The van der Waals surface area contributed by atoms with Crippen LogP contribution in [0.3, 0.4) is 0 Å². The van der Waals surface area contributed by atoms with Crippen LogP contribution in [0.4, 0.5) is 0 Å². The topological polar surface area (TPSA) is 78.8 Å². The van der Waals surface area contributed by atoms with Crippen LogP contribution in [0.15, 0.2) is 54.6 Å². The van der Waals surface area contributed by atoms with E-state index in [1.807, 2.05) is 49.4 Å². The van der Waals surface area contributed by atoms with Crippen molar-refractivity contribution in [2.75, 3.05) is 6.54 Å². The second-order valence-corrected chi connectivity index (χ2v) is 6.09. The molecule has 3 atom stereocenters. The Bertz CT molecular complexity index is 657. The van der Waals surface area contributed by atoms with Crippen molar-refractivity contribution in [1.82, 2.24) is 5.32 Å². The van der Waals surface area contributed by atoms with Crippen LogP contribution < -0.4 is 10.1 Å². The summed E-state index contributed by atoms with van der Waals surface area (Å²) in [6.45, 7) is 4.19. The lowest BCUT2D eigenvalue weighted by atomic mass is 10.0. The maximum Gasteiger partial charge on any atom is 0.344 e. The molecule has 5 heteroatoms. The molecule has 2 aromatic carbocycles. The summed E-state index contributed by atoms with van der Waals surface area (Å²) in [6.07, 6.45) is -0.608. The van der Waals surface area contributed by atoms with E-state index in [0.29, 0.717) is 5.75 Å².